The highest BCUT2D eigenvalue weighted by molar-refractivity contribution is 7.86. The van der Waals surface area contributed by atoms with Crippen LogP contribution in [0.15, 0.2) is 20.9 Å². The Hall–Kier alpha value is -3.76. The van der Waals surface area contributed by atoms with Gasteiger partial charge >= 0.3 is 50.2 Å². The molecule has 1 aliphatic heterocycles. The molecule has 0 spiro atoms. The molecule has 2 rings (SSSR count). The Balaban J connectivity index is 1.82. The quantitative estimate of drug-likeness (QED) is 0.00797. The van der Waals surface area contributed by atoms with E-state index in [0.717, 1.165) is 62.1 Å². The lowest BCUT2D eigenvalue weighted by Gasteiger charge is -2.27. The van der Waals surface area contributed by atoms with E-state index < -0.39 is 127 Å². The van der Waals surface area contributed by atoms with Gasteiger partial charge in [-0.25, -0.2) is 9.11 Å². The van der Waals surface area contributed by atoms with E-state index >= 15 is 8.78 Å². The summed E-state index contributed by atoms with van der Waals surface area (Å²) in [5.74, 6) is -3.13. The molecule has 2 heterocycles. The number of azide groups is 1. The summed E-state index contributed by atoms with van der Waals surface area (Å²) in [6.45, 7) is 1.80. The van der Waals surface area contributed by atoms with E-state index in [0.29, 0.717) is 20.4 Å². The van der Waals surface area contributed by atoms with Crippen molar-refractivity contribution in [1.29, 1.82) is 0 Å². The summed E-state index contributed by atoms with van der Waals surface area (Å²) in [5, 5.41) is -2.14. The SMILES string of the molecule is BP(=O)(OC[C@H]1O[C@@H](n2cc(C)c(=O)[nH]c2=O)C[C@H]1N=[N+]=[N-])OP(=O)(O)C(F)(F)P(=O)(O)OCCOC(=O)CCC(=O)OCC(COC(=O)CCCCCCCCCCCCCCC)OC(=O)CCCCCCCCCCCCCCC. The number of nitrogens with zero attached hydrogens (tertiary/aromatic N) is 4. The Morgan fingerprint density at radius 1 is 0.707 bits per heavy atom. The first-order valence-electron chi connectivity index (χ1n) is 29.3. The number of esters is 4. The van der Waals surface area contributed by atoms with Gasteiger partial charge in [-0.2, -0.15) is 8.78 Å². The summed E-state index contributed by atoms with van der Waals surface area (Å²) in [5.41, 5.74) is 7.55. The molecule has 82 heavy (non-hydrogen) atoms. The van der Waals surface area contributed by atoms with Crippen LogP contribution in [0.2, 0.25) is 0 Å². The van der Waals surface area contributed by atoms with Crippen LogP contribution in [0.1, 0.15) is 225 Å². The summed E-state index contributed by atoms with van der Waals surface area (Å²) in [7, 11) is -17.8. The lowest BCUT2D eigenvalue weighted by atomic mass is 10.0. The lowest BCUT2D eigenvalue weighted by molar-refractivity contribution is -0.167. The standard InChI is InChI=1S/C52H91BF2N5O19P3/c1-4-6-8-10-12-14-16-18-20-22-24-26-28-30-46(61)73-38-42(77-49(64)31-29-27-25-23-21-19-17-15-13-11-9-7-5-2)39-74-48(63)33-32-47(62)72-34-35-75-80(67,68)52(54,55)81(69,70)79-82(53,71)76-40-44-43(58-59-56)36-45(78-44)60-37-41(3)50(65)57-51(60)66/h37,42-45H,4-36,38-40,53H2,1-3H3,(H,67,68)(H,69,70)(H,57,65,66)/t42?,43-,44-,45-,82?/m1/s1. The number of hydrogen-bond donors (Lipinski definition) is 3. The van der Waals surface area contributed by atoms with Crippen molar-refractivity contribution in [2.75, 3.05) is 33.0 Å². The number of rotatable bonds is 49. The number of ether oxygens (including phenoxy) is 5. The second kappa shape index (κ2) is 41.3. The van der Waals surface area contributed by atoms with Crippen LogP contribution in [0, 0.1) is 6.92 Å². The fourth-order valence-corrected chi connectivity index (χ4v) is 13.7. The molecular formula is C52H91BF2N5O19P3. The van der Waals surface area contributed by atoms with Crippen LogP contribution in [0.25, 0.3) is 10.4 Å². The van der Waals surface area contributed by atoms with Gasteiger partial charge in [0.25, 0.3) is 20.6 Å². The van der Waals surface area contributed by atoms with Crippen molar-refractivity contribution in [3.63, 3.8) is 0 Å². The second-order valence-corrected chi connectivity index (χ2v) is 27.1. The summed E-state index contributed by atoms with van der Waals surface area (Å²) >= 11 is 0. The van der Waals surface area contributed by atoms with E-state index in [1.54, 1.807) is 0 Å². The largest absolute Gasteiger partial charge is 0.463 e. The molecule has 0 amide bonds. The summed E-state index contributed by atoms with van der Waals surface area (Å²) in [4.78, 5) is 99.6. The summed E-state index contributed by atoms with van der Waals surface area (Å²) in [6.07, 6.45) is 25.8. The molecular weight excluding hydrogens is 1140 g/mol. The highest BCUT2D eigenvalue weighted by Gasteiger charge is 2.68. The summed E-state index contributed by atoms with van der Waals surface area (Å²) in [6, 6.07) is -1.14. The van der Waals surface area contributed by atoms with Gasteiger partial charge in [0.2, 0.25) is 0 Å². The van der Waals surface area contributed by atoms with Crippen molar-refractivity contribution in [2.24, 2.45) is 5.11 Å². The first-order valence-corrected chi connectivity index (χ1v) is 34.4. The zero-order valence-corrected chi connectivity index (χ0v) is 51.2. The topological polar surface area (TPSA) is 337 Å². The molecule has 0 saturated carbocycles. The number of nitrogens with one attached hydrogen (secondary N) is 1. The number of unbranched alkanes of at least 4 members (excludes halogenated alkanes) is 24. The Morgan fingerprint density at radius 2 is 1.15 bits per heavy atom. The minimum atomic E-state index is -6.73. The molecule has 0 bridgehead atoms. The first-order chi connectivity index (χ1) is 39.0. The van der Waals surface area contributed by atoms with Crippen LogP contribution in [0.4, 0.5) is 8.78 Å². The third-order valence-corrected chi connectivity index (χ3v) is 19.6. The molecule has 3 N–H and O–H groups in total. The number of halogens is 2. The minimum absolute atomic E-state index is 0.103. The van der Waals surface area contributed by atoms with Crippen molar-refractivity contribution in [3.8, 4) is 0 Å². The molecule has 7 atom stereocenters. The first kappa shape index (κ1) is 74.3. The number of carbonyl (C=O) groups excluding carboxylic acids is 4. The molecule has 24 nitrogen and oxygen atoms in total. The van der Waals surface area contributed by atoms with E-state index in [9.17, 15) is 52.2 Å². The fraction of sp³-hybridized carbons (Fsp3) is 0.846. The number of alkyl halides is 2. The van der Waals surface area contributed by atoms with Gasteiger partial charge in [0.15, 0.2) is 6.10 Å². The molecule has 1 fully saturated rings. The molecule has 1 aromatic heterocycles. The number of hydrogen-bond acceptors (Lipinski definition) is 18. The maximum atomic E-state index is 15.2. The monoisotopic (exact) mass is 1230 g/mol. The van der Waals surface area contributed by atoms with Crippen molar-refractivity contribution >= 4 is 54.1 Å². The Labute approximate surface area is 481 Å². The summed E-state index contributed by atoms with van der Waals surface area (Å²) < 4.78 is 110. The molecule has 470 valence electrons. The lowest BCUT2D eigenvalue weighted by Crippen LogP contribution is -2.33. The Bertz CT molecular complexity index is 2380. The third-order valence-electron chi connectivity index (χ3n) is 13.5. The van der Waals surface area contributed by atoms with Crippen LogP contribution in [-0.4, -0.2) is 107 Å². The highest BCUT2D eigenvalue weighted by atomic mass is 31.3. The maximum absolute atomic E-state index is 15.2. The van der Waals surface area contributed by atoms with E-state index in [4.69, 9.17) is 33.7 Å². The molecule has 1 aliphatic rings. The van der Waals surface area contributed by atoms with Crippen LogP contribution in [0.5, 0.6) is 0 Å². The van der Waals surface area contributed by atoms with Crippen molar-refractivity contribution in [2.45, 2.75) is 250 Å². The van der Waals surface area contributed by atoms with Gasteiger partial charge in [-0.3, -0.25) is 47.2 Å². The molecule has 30 heteroatoms. The van der Waals surface area contributed by atoms with Crippen LogP contribution >= 0.6 is 22.7 Å². The minimum Gasteiger partial charge on any atom is -0.463 e. The van der Waals surface area contributed by atoms with Crippen LogP contribution in [-0.2, 0) is 69.9 Å². The van der Waals surface area contributed by atoms with E-state index in [2.05, 4.69) is 37.7 Å². The predicted octanol–water partition coefficient (Wildman–Crippen LogP) is 11.8. The molecule has 1 saturated heterocycles. The van der Waals surface area contributed by atoms with Crippen LogP contribution < -0.4 is 11.2 Å². The second-order valence-electron chi connectivity index (χ2n) is 20.8. The number of aryl methyl sites for hydroxylation is 1. The highest BCUT2D eigenvalue weighted by Crippen LogP contribution is 2.79. The molecule has 0 aliphatic carbocycles. The average molecular weight is 1230 g/mol. The Morgan fingerprint density at radius 3 is 1.62 bits per heavy atom. The fourth-order valence-electron chi connectivity index (χ4n) is 8.79. The van der Waals surface area contributed by atoms with E-state index in [-0.39, 0.29) is 31.4 Å². The van der Waals surface area contributed by atoms with E-state index in [1.165, 1.54) is 110 Å². The van der Waals surface area contributed by atoms with Gasteiger partial charge in [0.1, 0.15) is 26.0 Å². The molecule has 4 unspecified atom stereocenters. The average Bonchev–Trinajstić information content (AvgIpc) is 3.83. The maximum Gasteiger partial charge on any atom is 0.444 e. The zero-order valence-electron chi connectivity index (χ0n) is 48.6. The normalized spacial score (nSPS) is 17.9. The van der Waals surface area contributed by atoms with Gasteiger partial charge in [-0.05, 0) is 25.3 Å². The smallest absolute Gasteiger partial charge is 0.444 e. The number of aromatic nitrogens is 2. The number of aromatic amines is 1. The van der Waals surface area contributed by atoms with Gasteiger partial charge in [-0.1, -0.05) is 173 Å². The van der Waals surface area contributed by atoms with Gasteiger partial charge in [0, 0.05) is 35.9 Å². The van der Waals surface area contributed by atoms with Gasteiger partial charge in [-0.15, -0.1) is 0 Å². The number of H-pyrrole nitrogens is 1. The van der Waals surface area contributed by atoms with Gasteiger partial charge in [0.05, 0.1) is 38.2 Å². The predicted molar refractivity (Wildman–Crippen MR) is 304 cm³/mol. The molecule has 0 aromatic carbocycles. The Kier molecular flexibility index (Phi) is 37.5. The van der Waals surface area contributed by atoms with E-state index in [1.807, 2.05) is 0 Å². The van der Waals surface area contributed by atoms with Crippen LogP contribution in [0.3, 0.4) is 0 Å². The number of carbonyl (C=O) groups is 4. The van der Waals surface area contributed by atoms with Crippen molar-refractivity contribution < 1.29 is 88.5 Å². The van der Waals surface area contributed by atoms with Crippen molar-refractivity contribution in [1.82, 2.24) is 9.55 Å². The van der Waals surface area contributed by atoms with Gasteiger partial charge < -0.3 is 42.5 Å². The third kappa shape index (κ3) is 30.9. The van der Waals surface area contributed by atoms with Crippen molar-refractivity contribution in [3.05, 3.63) is 43.0 Å². The molecule has 0 radical (unpaired) electrons. The molecule has 1 aromatic rings. The zero-order chi connectivity index (χ0) is 60.9.